The van der Waals surface area contributed by atoms with Crippen molar-refractivity contribution in [2.75, 3.05) is 48.3 Å². The molecule has 3 aromatic carbocycles. The molecule has 0 bridgehead atoms. The van der Waals surface area contributed by atoms with Gasteiger partial charge in [-0.2, -0.15) is 38.2 Å². The summed E-state index contributed by atoms with van der Waals surface area (Å²) in [4.78, 5) is 72.4. The highest BCUT2D eigenvalue weighted by Gasteiger charge is 2.50. The number of nitrogens with one attached hydrogen (secondary N) is 2. The molecule has 27 heteroatoms. The minimum Gasteiger partial charge on any atom is -0.355 e. The van der Waals surface area contributed by atoms with E-state index in [2.05, 4.69) is 10.6 Å². The van der Waals surface area contributed by atoms with Crippen molar-refractivity contribution in [3.8, 4) is 0 Å². The zero-order valence-electron chi connectivity index (χ0n) is 45.1. The molecule has 1 fully saturated rings. The van der Waals surface area contributed by atoms with Crippen molar-refractivity contribution in [1.82, 2.24) is 15.7 Å². The summed E-state index contributed by atoms with van der Waals surface area (Å²) in [7, 11) is -18.0. The molecule has 0 aromatic heterocycles. The van der Waals surface area contributed by atoms with Crippen LogP contribution in [-0.2, 0) is 80.1 Å². The molecule has 3 aliphatic heterocycles. The van der Waals surface area contributed by atoms with E-state index >= 15 is 0 Å². The molecule has 0 saturated carbocycles. The number of carbonyl (C=O) groups excluding carboxylic acids is 5. The average Bonchev–Trinajstić information content (AvgIpc) is 2.84. The highest BCUT2D eigenvalue weighted by Crippen LogP contribution is 2.50. The summed E-state index contributed by atoms with van der Waals surface area (Å²) in [5.41, 5.74) is 0.671. The molecule has 7 rings (SSSR count). The van der Waals surface area contributed by atoms with E-state index in [1.165, 1.54) is 18.2 Å². The molecule has 81 heavy (non-hydrogen) atoms. The second-order valence-corrected chi connectivity index (χ2v) is 27.6. The van der Waals surface area contributed by atoms with Crippen molar-refractivity contribution in [1.29, 1.82) is 0 Å². The zero-order chi connectivity index (χ0) is 59.5. The van der Waals surface area contributed by atoms with Crippen LogP contribution in [0.25, 0.3) is 10.8 Å². The van der Waals surface area contributed by atoms with Crippen molar-refractivity contribution in [2.24, 2.45) is 5.41 Å². The molecular weight excluding hydrogens is 1130 g/mol. The van der Waals surface area contributed by atoms with Gasteiger partial charge in [0.25, 0.3) is 52.3 Å². The summed E-state index contributed by atoms with van der Waals surface area (Å²) < 4.78 is 137. The number of rotatable bonds is 24. The molecule has 0 spiro atoms. The third kappa shape index (κ3) is 14.8. The second kappa shape index (κ2) is 24.2. The number of unbranched alkanes of at least 4 members (excludes halogenated alkanes) is 2. The molecule has 4 amide bonds. The standard InChI is InChI=1S/C54H65N5O18S4/c1-52(2)41-33-39(81(74,75)76)18-20-42(41)57(27-10-29-78(65,66)67)44(52)21-15-36-32-37(16-22-45-53(3,4)49-40-13-8-7-12-38(40)17-19-43(49)58(45)28-11-30-79(68,69)70)35-54(34-36,51(64)56-26-31-80(71,72)73)50(63)55-25-9-5-6-14-48(62)77-59-46(60)23-24-47(59)61/h7-8,12-13,15-22,32-33H,5-6,9-11,14,23-31,34-35H2,1-4H3,(H5-,55,56,63,64,65,66,67,68,69,70,71,72,73,74,75,76)/p+1. The lowest BCUT2D eigenvalue weighted by Gasteiger charge is -2.35. The molecule has 6 N–H and O–H groups in total. The van der Waals surface area contributed by atoms with Crippen LogP contribution in [0.2, 0.25) is 0 Å². The molecule has 1 saturated heterocycles. The van der Waals surface area contributed by atoms with E-state index in [0.29, 0.717) is 45.3 Å². The smallest absolute Gasteiger partial charge is 0.333 e. The first-order valence-corrected chi connectivity index (χ1v) is 32.3. The Morgan fingerprint density at radius 3 is 2.00 bits per heavy atom. The van der Waals surface area contributed by atoms with Gasteiger partial charge in [-0.1, -0.05) is 62.8 Å². The first-order valence-electron chi connectivity index (χ1n) is 26.1. The maximum atomic E-state index is 15.0. The van der Waals surface area contributed by atoms with E-state index in [0.717, 1.165) is 22.0 Å². The van der Waals surface area contributed by atoms with Gasteiger partial charge in [0.2, 0.25) is 17.5 Å². The Morgan fingerprint density at radius 1 is 0.704 bits per heavy atom. The van der Waals surface area contributed by atoms with E-state index in [1.807, 2.05) is 54.8 Å². The molecule has 0 radical (unpaired) electrons. The van der Waals surface area contributed by atoms with Crippen molar-refractivity contribution >= 4 is 97.9 Å². The van der Waals surface area contributed by atoms with Gasteiger partial charge in [-0.15, -0.1) is 5.06 Å². The average molecular weight is 1200 g/mol. The fourth-order valence-corrected chi connectivity index (χ4v) is 12.8. The molecule has 1 unspecified atom stereocenters. The highest BCUT2D eigenvalue weighted by molar-refractivity contribution is 7.86. The molecule has 1 atom stereocenters. The van der Waals surface area contributed by atoms with Crippen molar-refractivity contribution in [3.05, 3.63) is 113 Å². The summed E-state index contributed by atoms with van der Waals surface area (Å²) in [5.74, 6) is -5.80. The molecule has 3 aromatic rings. The maximum Gasteiger partial charge on any atom is 0.333 e. The number of nitrogens with zero attached hydrogens (tertiary/aromatic N) is 3. The van der Waals surface area contributed by atoms with E-state index in [-0.39, 0.29) is 77.4 Å². The van der Waals surface area contributed by atoms with Gasteiger partial charge in [-0.25, -0.2) is 4.79 Å². The van der Waals surface area contributed by atoms with Crippen LogP contribution < -0.4 is 15.5 Å². The van der Waals surface area contributed by atoms with Crippen molar-refractivity contribution in [3.63, 3.8) is 0 Å². The van der Waals surface area contributed by atoms with Crippen LogP contribution >= 0.6 is 0 Å². The Labute approximate surface area is 470 Å². The number of hydroxylamine groups is 2. The van der Waals surface area contributed by atoms with E-state index in [4.69, 9.17) is 4.84 Å². The topological polar surface area (TPSA) is 346 Å². The van der Waals surface area contributed by atoms with Gasteiger partial charge >= 0.3 is 5.97 Å². The SMILES string of the molecule is CC1(C)C(=CC=C2C=C(C=CC3=[N+](CCCS(=O)(=O)O)c4ccc5ccccc5c4C3(C)C)CC(C(=O)NCCCCCC(=O)ON3C(=O)CCC3=O)(C(=O)NCCS(=O)(=O)O)C2)N(CCCS(=O)(=O)O)c2ccc(S(=O)(=O)O)cc21. The summed E-state index contributed by atoms with van der Waals surface area (Å²) in [6.45, 7) is 7.04. The molecule has 438 valence electrons. The van der Waals surface area contributed by atoms with Gasteiger partial charge in [-0.05, 0) is 104 Å². The predicted octanol–water partition coefficient (Wildman–Crippen LogP) is 5.18. The van der Waals surface area contributed by atoms with Crippen molar-refractivity contribution in [2.45, 2.75) is 108 Å². The molecule has 4 aliphatic rings. The highest BCUT2D eigenvalue weighted by atomic mass is 32.2. The Morgan fingerprint density at radius 2 is 1.35 bits per heavy atom. The molecular formula is C54H66N5O18S4+. The number of fused-ring (bicyclic) bond motifs is 4. The Kier molecular flexibility index (Phi) is 18.5. The lowest BCUT2D eigenvalue weighted by Crippen LogP contribution is -2.53. The number of hydrogen-bond acceptors (Lipinski definition) is 15. The van der Waals surface area contributed by atoms with Gasteiger partial charge < -0.3 is 20.4 Å². The zero-order valence-corrected chi connectivity index (χ0v) is 48.3. The monoisotopic (exact) mass is 1200 g/mol. The van der Waals surface area contributed by atoms with E-state index in [1.54, 1.807) is 49.1 Å². The number of carbonyl (C=O) groups is 5. The minimum atomic E-state index is -4.69. The normalized spacial score (nSPS) is 20.1. The lowest BCUT2D eigenvalue weighted by atomic mass is 9.70. The Hall–Kier alpha value is -6.46. The van der Waals surface area contributed by atoms with E-state index in [9.17, 15) is 75.9 Å². The second-order valence-electron chi connectivity index (χ2n) is 21.5. The summed E-state index contributed by atoms with van der Waals surface area (Å²) in [6, 6.07) is 15.6. The first-order chi connectivity index (χ1) is 37.7. The van der Waals surface area contributed by atoms with Crippen LogP contribution in [-0.4, -0.2) is 140 Å². The summed E-state index contributed by atoms with van der Waals surface area (Å²) >= 11 is 0. The number of allylic oxidation sites excluding steroid dienone is 8. The van der Waals surface area contributed by atoms with Crippen LogP contribution in [0, 0.1) is 5.41 Å². The third-order valence-corrected chi connectivity index (χ3v) is 18.0. The molecule has 1 aliphatic carbocycles. The lowest BCUT2D eigenvalue weighted by molar-refractivity contribution is -0.437. The van der Waals surface area contributed by atoms with Gasteiger partial charge in [-0.3, -0.25) is 37.4 Å². The van der Waals surface area contributed by atoms with Crippen LogP contribution in [0.1, 0.15) is 103 Å². The third-order valence-electron chi connectivity index (χ3n) is 14.8. The van der Waals surface area contributed by atoms with Crippen molar-refractivity contribution < 1.29 is 85.3 Å². The molecule has 23 nitrogen and oxygen atoms in total. The van der Waals surface area contributed by atoms with Gasteiger partial charge in [0, 0.05) is 79.8 Å². The van der Waals surface area contributed by atoms with Gasteiger partial charge in [0.1, 0.15) is 12.0 Å². The fourth-order valence-electron chi connectivity index (χ4n) is 11.0. The summed E-state index contributed by atoms with van der Waals surface area (Å²) in [5, 5.41) is 7.69. The van der Waals surface area contributed by atoms with Crippen LogP contribution in [0.15, 0.2) is 107 Å². The van der Waals surface area contributed by atoms with Crippen LogP contribution in [0.4, 0.5) is 11.4 Å². The number of amides is 4. The van der Waals surface area contributed by atoms with Gasteiger partial charge in [0.15, 0.2) is 5.71 Å². The fraction of sp³-hybridized carbons (Fsp3) is 0.444. The van der Waals surface area contributed by atoms with Crippen LogP contribution in [0.5, 0.6) is 0 Å². The van der Waals surface area contributed by atoms with Gasteiger partial charge in [0.05, 0.1) is 27.6 Å². The molecule has 3 heterocycles. The first kappa shape index (κ1) is 62.1. The minimum absolute atomic E-state index is 0.00538. The quantitative estimate of drug-likeness (QED) is 0.0221. The number of imide groups is 1. The maximum absolute atomic E-state index is 15.0. The number of benzene rings is 3. The van der Waals surface area contributed by atoms with E-state index < -0.39 is 115 Å². The predicted molar refractivity (Wildman–Crippen MR) is 299 cm³/mol. The Balaban J connectivity index is 1.31. The van der Waals surface area contributed by atoms with Crippen LogP contribution in [0.3, 0.4) is 0 Å². The number of hydrogen-bond donors (Lipinski definition) is 6. The largest absolute Gasteiger partial charge is 0.355 e. The number of anilines is 1. The Bertz CT molecular complexity index is 3680. The summed E-state index contributed by atoms with van der Waals surface area (Å²) in [6.07, 6.45) is 8.43.